The van der Waals surface area contributed by atoms with Crippen LogP contribution in [0, 0.1) is 0 Å². The van der Waals surface area contributed by atoms with Crippen molar-refractivity contribution in [3.8, 4) is 0 Å². The van der Waals surface area contributed by atoms with Crippen LogP contribution in [0.5, 0.6) is 0 Å². The molecule has 1 aromatic heterocycles. The Bertz CT molecular complexity index is 708. The summed E-state index contributed by atoms with van der Waals surface area (Å²) in [5.41, 5.74) is 3.60. The van der Waals surface area contributed by atoms with Crippen LogP contribution in [0.3, 0.4) is 0 Å². The Morgan fingerprint density at radius 1 is 1.43 bits per heavy atom. The summed E-state index contributed by atoms with van der Waals surface area (Å²) in [6.07, 6.45) is 5.29. The fraction of sp³-hybridized carbons (Fsp3) is 0.278. The summed E-state index contributed by atoms with van der Waals surface area (Å²) < 4.78 is 0. The van der Waals surface area contributed by atoms with Gasteiger partial charge in [-0.15, -0.1) is 17.9 Å². The lowest BCUT2D eigenvalue weighted by molar-refractivity contribution is 0.334. The number of anilines is 1. The van der Waals surface area contributed by atoms with E-state index in [1.807, 2.05) is 24.3 Å². The summed E-state index contributed by atoms with van der Waals surface area (Å²) >= 11 is 7.66. The maximum Gasteiger partial charge on any atom is 0.183 e. The zero-order valence-corrected chi connectivity index (χ0v) is 14.5. The van der Waals surface area contributed by atoms with E-state index in [4.69, 9.17) is 16.6 Å². The van der Waals surface area contributed by atoms with Crippen LogP contribution in [0.4, 0.5) is 5.13 Å². The second-order valence-corrected chi connectivity index (χ2v) is 6.84. The highest BCUT2D eigenvalue weighted by molar-refractivity contribution is 7.13. The van der Waals surface area contributed by atoms with Crippen molar-refractivity contribution >= 4 is 33.6 Å². The molecule has 120 valence electrons. The van der Waals surface area contributed by atoms with Crippen LogP contribution in [0.25, 0.3) is 5.57 Å². The van der Waals surface area contributed by atoms with E-state index in [1.54, 1.807) is 11.3 Å². The standard InChI is InChI=1S/C18H20ClN3S/c1-2-8-22-9-6-15(7-10-22)17-13-23-18(21-17)20-12-14-4-3-5-16(19)11-14/h2-6,11,13H,1,7-10,12H2,(H,20,21). The molecule has 0 aliphatic carbocycles. The van der Waals surface area contributed by atoms with Gasteiger partial charge in [0.2, 0.25) is 0 Å². The Balaban J connectivity index is 1.59. The van der Waals surface area contributed by atoms with Crippen LogP contribution in [0.2, 0.25) is 5.02 Å². The number of rotatable bonds is 6. The van der Waals surface area contributed by atoms with Crippen LogP contribution in [-0.2, 0) is 6.54 Å². The van der Waals surface area contributed by atoms with E-state index in [0.717, 1.165) is 54.0 Å². The molecule has 0 unspecified atom stereocenters. The lowest BCUT2D eigenvalue weighted by Gasteiger charge is -2.24. The van der Waals surface area contributed by atoms with Crippen LogP contribution < -0.4 is 5.32 Å². The van der Waals surface area contributed by atoms with Crippen molar-refractivity contribution in [1.82, 2.24) is 9.88 Å². The molecule has 23 heavy (non-hydrogen) atoms. The summed E-state index contributed by atoms with van der Waals surface area (Å²) in [5.74, 6) is 0. The van der Waals surface area contributed by atoms with Crippen LogP contribution in [0.15, 0.2) is 48.4 Å². The molecule has 0 bridgehead atoms. The third-order valence-electron chi connectivity index (χ3n) is 3.85. The molecule has 0 radical (unpaired) electrons. The van der Waals surface area contributed by atoms with Gasteiger partial charge in [0.25, 0.3) is 0 Å². The van der Waals surface area contributed by atoms with Gasteiger partial charge in [0.05, 0.1) is 5.69 Å². The molecule has 0 saturated heterocycles. The third-order valence-corrected chi connectivity index (χ3v) is 4.88. The normalized spacial score (nSPS) is 15.3. The second kappa shape index (κ2) is 7.77. The van der Waals surface area contributed by atoms with Crippen LogP contribution in [0.1, 0.15) is 17.7 Å². The molecular formula is C18H20ClN3S. The van der Waals surface area contributed by atoms with Crippen molar-refractivity contribution in [3.05, 3.63) is 64.7 Å². The van der Waals surface area contributed by atoms with Crippen molar-refractivity contribution in [2.45, 2.75) is 13.0 Å². The topological polar surface area (TPSA) is 28.2 Å². The maximum atomic E-state index is 6.01. The Morgan fingerprint density at radius 3 is 3.09 bits per heavy atom. The fourth-order valence-electron chi connectivity index (χ4n) is 2.62. The Labute approximate surface area is 146 Å². The first-order valence-electron chi connectivity index (χ1n) is 7.71. The largest absolute Gasteiger partial charge is 0.357 e. The van der Waals surface area contributed by atoms with Gasteiger partial charge in [0.15, 0.2) is 5.13 Å². The van der Waals surface area contributed by atoms with E-state index in [-0.39, 0.29) is 0 Å². The minimum absolute atomic E-state index is 0.736. The maximum absolute atomic E-state index is 6.01. The van der Waals surface area contributed by atoms with E-state index in [1.165, 1.54) is 5.57 Å². The lowest BCUT2D eigenvalue weighted by Crippen LogP contribution is -2.28. The molecule has 1 N–H and O–H groups in total. The Morgan fingerprint density at radius 2 is 2.35 bits per heavy atom. The zero-order valence-electron chi connectivity index (χ0n) is 13.0. The molecule has 0 fully saturated rings. The van der Waals surface area contributed by atoms with Crippen molar-refractivity contribution < 1.29 is 0 Å². The summed E-state index contributed by atoms with van der Waals surface area (Å²) in [7, 11) is 0. The van der Waals surface area contributed by atoms with Crippen molar-refractivity contribution in [2.24, 2.45) is 0 Å². The second-order valence-electron chi connectivity index (χ2n) is 5.55. The van der Waals surface area contributed by atoms with E-state index in [9.17, 15) is 0 Å². The van der Waals surface area contributed by atoms with Gasteiger partial charge < -0.3 is 5.32 Å². The molecule has 3 nitrogen and oxygen atoms in total. The van der Waals surface area contributed by atoms with E-state index >= 15 is 0 Å². The quantitative estimate of drug-likeness (QED) is 0.770. The van der Waals surface area contributed by atoms with E-state index in [2.05, 4.69) is 34.3 Å². The highest BCUT2D eigenvalue weighted by atomic mass is 35.5. The van der Waals surface area contributed by atoms with E-state index < -0.39 is 0 Å². The average molecular weight is 346 g/mol. The summed E-state index contributed by atoms with van der Waals surface area (Å²) in [6, 6.07) is 7.89. The molecule has 2 heterocycles. The number of thiazole rings is 1. The Hall–Kier alpha value is -1.62. The highest BCUT2D eigenvalue weighted by Gasteiger charge is 2.14. The minimum atomic E-state index is 0.736. The SMILES string of the molecule is C=CCN1CC=C(c2csc(NCc3cccc(Cl)c3)n2)CC1. The average Bonchev–Trinajstić information content (AvgIpc) is 3.03. The van der Waals surface area contributed by atoms with Gasteiger partial charge in [0.1, 0.15) is 0 Å². The molecule has 2 aromatic rings. The molecule has 0 saturated carbocycles. The number of hydrogen-bond acceptors (Lipinski definition) is 4. The molecule has 1 aromatic carbocycles. The number of halogens is 1. The number of hydrogen-bond donors (Lipinski definition) is 1. The van der Waals surface area contributed by atoms with Gasteiger partial charge in [0, 0.05) is 36.6 Å². The molecule has 0 amide bonds. The molecule has 1 aliphatic rings. The highest BCUT2D eigenvalue weighted by Crippen LogP contribution is 2.26. The first-order valence-corrected chi connectivity index (χ1v) is 8.97. The number of nitrogens with one attached hydrogen (secondary N) is 1. The van der Waals surface area contributed by atoms with Crippen LogP contribution in [-0.4, -0.2) is 29.5 Å². The lowest BCUT2D eigenvalue weighted by atomic mass is 10.1. The Kier molecular flexibility index (Phi) is 5.49. The van der Waals surface area contributed by atoms with Crippen molar-refractivity contribution in [3.63, 3.8) is 0 Å². The summed E-state index contributed by atoms with van der Waals surface area (Å²) in [5, 5.41) is 7.23. The monoisotopic (exact) mass is 345 g/mol. The predicted molar refractivity (Wildman–Crippen MR) is 100 cm³/mol. The molecule has 5 heteroatoms. The first kappa shape index (κ1) is 16.2. The number of nitrogens with zero attached hydrogens (tertiary/aromatic N) is 2. The predicted octanol–water partition coefficient (Wildman–Crippen LogP) is 4.68. The zero-order chi connectivity index (χ0) is 16.1. The molecular weight excluding hydrogens is 326 g/mol. The van der Waals surface area contributed by atoms with Crippen molar-refractivity contribution in [2.75, 3.05) is 25.0 Å². The van der Waals surface area contributed by atoms with Gasteiger partial charge in [-0.1, -0.05) is 35.9 Å². The third kappa shape index (κ3) is 4.44. The van der Waals surface area contributed by atoms with E-state index in [0.29, 0.717) is 0 Å². The van der Waals surface area contributed by atoms with Gasteiger partial charge in [-0.05, 0) is 29.7 Å². The van der Waals surface area contributed by atoms with Gasteiger partial charge in [-0.25, -0.2) is 4.98 Å². The fourth-order valence-corrected chi connectivity index (χ4v) is 3.57. The van der Waals surface area contributed by atoms with Gasteiger partial charge >= 0.3 is 0 Å². The van der Waals surface area contributed by atoms with Crippen molar-refractivity contribution in [1.29, 1.82) is 0 Å². The molecule has 0 atom stereocenters. The molecule has 0 spiro atoms. The van der Waals surface area contributed by atoms with Crippen LogP contribution >= 0.6 is 22.9 Å². The minimum Gasteiger partial charge on any atom is -0.357 e. The summed E-state index contributed by atoms with van der Waals surface area (Å²) in [6.45, 7) is 7.53. The number of aromatic nitrogens is 1. The molecule has 3 rings (SSSR count). The summed E-state index contributed by atoms with van der Waals surface area (Å²) in [4.78, 5) is 7.09. The molecule has 1 aliphatic heterocycles. The van der Waals surface area contributed by atoms with Gasteiger partial charge in [-0.3, -0.25) is 4.90 Å². The number of benzene rings is 1. The van der Waals surface area contributed by atoms with Gasteiger partial charge in [-0.2, -0.15) is 0 Å². The smallest absolute Gasteiger partial charge is 0.183 e. The first-order chi connectivity index (χ1) is 11.2.